The lowest BCUT2D eigenvalue weighted by Crippen LogP contribution is -2.31. The number of aromatic nitrogens is 2. The lowest BCUT2D eigenvalue weighted by molar-refractivity contribution is 0.476. The Morgan fingerprint density at radius 2 is 1.93 bits per heavy atom. The molecule has 7 heteroatoms. The number of hydrogen-bond donors (Lipinski definition) is 0. The molecule has 1 atom stereocenters. The quantitative estimate of drug-likeness (QED) is 0.808. The van der Waals surface area contributed by atoms with Crippen LogP contribution in [0.1, 0.15) is 41.4 Å². The standard InChI is InChI=1S/C20H26N4O2S/c1-15-18-9-6-11-23(13-16-7-4-3-5-8-16)20(18)22-19(21-15)17-10-12-24(14-17)27(2,25)26/h3-5,7-8,17H,6,9-14H2,1-2H3/t17-/m1/s1. The van der Waals surface area contributed by atoms with Crippen LogP contribution in [0.2, 0.25) is 0 Å². The molecule has 6 nitrogen and oxygen atoms in total. The zero-order valence-corrected chi connectivity index (χ0v) is 16.7. The average Bonchev–Trinajstić information content (AvgIpc) is 3.14. The Bertz CT molecular complexity index is 930. The van der Waals surface area contributed by atoms with Gasteiger partial charge in [0.2, 0.25) is 10.0 Å². The molecule has 2 aromatic rings. The Hall–Kier alpha value is -1.99. The van der Waals surface area contributed by atoms with Gasteiger partial charge in [-0.2, -0.15) is 0 Å². The van der Waals surface area contributed by atoms with Gasteiger partial charge in [0.25, 0.3) is 0 Å². The second-order valence-electron chi connectivity index (χ2n) is 7.59. The van der Waals surface area contributed by atoms with Gasteiger partial charge in [-0.25, -0.2) is 22.7 Å². The van der Waals surface area contributed by atoms with E-state index in [4.69, 9.17) is 9.97 Å². The summed E-state index contributed by atoms with van der Waals surface area (Å²) in [6.07, 6.45) is 4.17. The van der Waals surface area contributed by atoms with E-state index in [-0.39, 0.29) is 5.92 Å². The highest BCUT2D eigenvalue weighted by molar-refractivity contribution is 7.88. The van der Waals surface area contributed by atoms with Crippen molar-refractivity contribution in [2.45, 2.75) is 38.6 Å². The van der Waals surface area contributed by atoms with E-state index >= 15 is 0 Å². The van der Waals surface area contributed by atoms with E-state index in [2.05, 4.69) is 36.1 Å². The van der Waals surface area contributed by atoms with Crippen LogP contribution in [0, 0.1) is 6.92 Å². The normalized spacial score (nSPS) is 20.7. The van der Waals surface area contributed by atoms with Crippen molar-refractivity contribution in [1.82, 2.24) is 14.3 Å². The fraction of sp³-hybridized carbons (Fsp3) is 0.500. The number of anilines is 1. The second-order valence-corrected chi connectivity index (χ2v) is 9.57. The molecule has 144 valence electrons. The summed E-state index contributed by atoms with van der Waals surface area (Å²) in [6.45, 7) is 4.91. The fourth-order valence-corrected chi connectivity index (χ4v) is 4.98. The summed E-state index contributed by atoms with van der Waals surface area (Å²) < 4.78 is 25.2. The van der Waals surface area contributed by atoms with Crippen molar-refractivity contribution < 1.29 is 8.42 Å². The van der Waals surface area contributed by atoms with E-state index in [0.717, 1.165) is 49.7 Å². The maximum Gasteiger partial charge on any atom is 0.211 e. The number of benzene rings is 1. The van der Waals surface area contributed by atoms with E-state index in [1.165, 1.54) is 21.7 Å². The lowest BCUT2D eigenvalue weighted by atomic mass is 10.0. The predicted molar refractivity (Wildman–Crippen MR) is 106 cm³/mol. The second kappa shape index (κ2) is 7.20. The van der Waals surface area contributed by atoms with Crippen molar-refractivity contribution in [3.8, 4) is 0 Å². The number of fused-ring (bicyclic) bond motifs is 1. The molecule has 1 fully saturated rings. The van der Waals surface area contributed by atoms with Crippen LogP contribution < -0.4 is 4.90 Å². The first-order chi connectivity index (χ1) is 12.9. The number of hydrogen-bond acceptors (Lipinski definition) is 5. The van der Waals surface area contributed by atoms with Crippen molar-refractivity contribution in [2.24, 2.45) is 0 Å². The molecule has 0 N–H and O–H groups in total. The fourth-order valence-electron chi connectivity index (χ4n) is 4.09. The topological polar surface area (TPSA) is 66.4 Å². The molecule has 0 aliphatic carbocycles. The highest BCUT2D eigenvalue weighted by atomic mass is 32.2. The molecule has 4 rings (SSSR count). The van der Waals surface area contributed by atoms with E-state index in [9.17, 15) is 8.42 Å². The van der Waals surface area contributed by atoms with Gasteiger partial charge in [0, 0.05) is 43.4 Å². The monoisotopic (exact) mass is 386 g/mol. The number of sulfonamides is 1. The third-order valence-corrected chi connectivity index (χ3v) is 6.83. The summed E-state index contributed by atoms with van der Waals surface area (Å²) in [6, 6.07) is 10.4. The SMILES string of the molecule is Cc1nc([C@@H]2CCN(S(C)(=O)=O)C2)nc2c1CCCN2Cc1ccccc1. The van der Waals surface area contributed by atoms with Crippen LogP contribution in [-0.2, 0) is 23.0 Å². The highest BCUT2D eigenvalue weighted by Crippen LogP contribution is 2.33. The maximum absolute atomic E-state index is 11.8. The van der Waals surface area contributed by atoms with Gasteiger partial charge >= 0.3 is 0 Å². The number of rotatable bonds is 4. The maximum atomic E-state index is 11.8. The molecule has 1 saturated heterocycles. The van der Waals surface area contributed by atoms with Gasteiger partial charge in [0.1, 0.15) is 11.6 Å². The number of nitrogens with zero attached hydrogens (tertiary/aromatic N) is 4. The molecule has 0 unspecified atom stereocenters. The summed E-state index contributed by atoms with van der Waals surface area (Å²) in [5.74, 6) is 1.90. The van der Waals surface area contributed by atoms with Crippen molar-refractivity contribution in [2.75, 3.05) is 30.8 Å². The Morgan fingerprint density at radius 3 is 2.63 bits per heavy atom. The van der Waals surface area contributed by atoms with E-state index in [0.29, 0.717) is 13.1 Å². The molecular formula is C20H26N4O2S. The zero-order valence-electron chi connectivity index (χ0n) is 15.9. The van der Waals surface area contributed by atoms with Gasteiger partial charge in [-0.1, -0.05) is 30.3 Å². The molecule has 27 heavy (non-hydrogen) atoms. The molecule has 0 radical (unpaired) electrons. The van der Waals surface area contributed by atoms with E-state index < -0.39 is 10.0 Å². The van der Waals surface area contributed by atoms with E-state index in [1.54, 1.807) is 0 Å². The average molecular weight is 387 g/mol. The Labute approximate surface area is 161 Å². The molecule has 0 saturated carbocycles. The van der Waals surface area contributed by atoms with Crippen molar-refractivity contribution in [3.63, 3.8) is 0 Å². The van der Waals surface area contributed by atoms with Gasteiger partial charge < -0.3 is 4.90 Å². The summed E-state index contributed by atoms with van der Waals surface area (Å²) >= 11 is 0. The van der Waals surface area contributed by atoms with Gasteiger partial charge in [-0.15, -0.1) is 0 Å². The molecule has 3 heterocycles. The molecule has 1 aromatic heterocycles. The van der Waals surface area contributed by atoms with Crippen LogP contribution in [0.25, 0.3) is 0 Å². The number of aryl methyl sites for hydroxylation is 1. The molecule has 1 aromatic carbocycles. The highest BCUT2D eigenvalue weighted by Gasteiger charge is 2.32. The Kier molecular flexibility index (Phi) is 4.90. The minimum atomic E-state index is -3.16. The predicted octanol–water partition coefficient (Wildman–Crippen LogP) is 2.49. The Balaban J connectivity index is 1.63. The summed E-state index contributed by atoms with van der Waals surface area (Å²) in [5, 5.41) is 0. The first kappa shape index (κ1) is 18.4. The molecular weight excluding hydrogens is 360 g/mol. The molecule has 0 amide bonds. The Morgan fingerprint density at radius 1 is 1.15 bits per heavy atom. The van der Waals surface area contributed by atoms with Crippen molar-refractivity contribution >= 4 is 15.8 Å². The van der Waals surface area contributed by atoms with Crippen molar-refractivity contribution in [1.29, 1.82) is 0 Å². The van der Waals surface area contributed by atoms with Crippen LogP contribution in [0.15, 0.2) is 30.3 Å². The minimum Gasteiger partial charge on any atom is -0.352 e. The zero-order chi connectivity index (χ0) is 19.0. The van der Waals surface area contributed by atoms with E-state index in [1.807, 2.05) is 6.07 Å². The first-order valence-electron chi connectivity index (χ1n) is 9.53. The molecule has 2 aliphatic rings. The van der Waals surface area contributed by atoms with Gasteiger partial charge in [-0.05, 0) is 31.7 Å². The van der Waals surface area contributed by atoms with Crippen LogP contribution in [0.5, 0.6) is 0 Å². The summed E-state index contributed by atoms with van der Waals surface area (Å²) in [4.78, 5) is 12.1. The van der Waals surface area contributed by atoms with Crippen LogP contribution in [-0.4, -0.2) is 48.6 Å². The molecule has 2 aliphatic heterocycles. The largest absolute Gasteiger partial charge is 0.352 e. The summed E-state index contributed by atoms with van der Waals surface area (Å²) in [7, 11) is -3.16. The lowest BCUT2D eigenvalue weighted by Gasteiger charge is -2.31. The first-order valence-corrected chi connectivity index (χ1v) is 11.4. The third-order valence-electron chi connectivity index (χ3n) is 5.57. The van der Waals surface area contributed by atoms with Crippen molar-refractivity contribution in [3.05, 3.63) is 53.0 Å². The van der Waals surface area contributed by atoms with Crippen LogP contribution in [0.4, 0.5) is 5.82 Å². The molecule has 0 spiro atoms. The molecule has 0 bridgehead atoms. The minimum absolute atomic E-state index is 0.0734. The summed E-state index contributed by atoms with van der Waals surface area (Å²) in [5.41, 5.74) is 3.54. The van der Waals surface area contributed by atoms with Gasteiger partial charge in [0.15, 0.2) is 0 Å². The van der Waals surface area contributed by atoms with Crippen LogP contribution in [0.3, 0.4) is 0 Å². The van der Waals surface area contributed by atoms with Gasteiger partial charge in [0.05, 0.1) is 6.26 Å². The third kappa shape index (κ3) is 3.84. The van der Waals surface area contributed by atoms with Crippen LogP contribution >= 0.6 is 0 Å². The van der Waals surface area contributed by atoms with Gasteiger partial charge in [-0.3, -0.25) is 0 Å². The smallest absolute Gasteiger partial charge is 0.211 e.